The summed E-state index contributed by atoms with van der Waals surface area (Å²) >= 11 is 0. The summed E-state index contributed by atoms with van der Waals surface area (Å²) in [6, 6.07) is 0.549. The Balaban J connectivity index is 1.42. The van der Waals surface area contributed by atoms with Crippen molar-refractivity contribution in [1.29, 1.82) is 0 Å². The molecule has 3 fully saturated rings. The Labute approximate surface area is 123 Å². The van der Waals surface area contributed by atoms with Gasteiger partial charge in [-0.2, -0.15) is 0 Å². The predicted molar refractivity (Wildman–Crippen MR) is 81.5 cm³/mol. The van der Waals surface area contributed by atoms with E-state index in [9.17, 15) is 4.79 Å². The average Bonchev–Trinajstić information content (AvgIpc) is 3.17. The van der Waals surface area contributed by atoms with Gasteiger partial charge in [-0.05, 0) is 50.5 Å². The fraction of sp³-hybridized carbons (Fsp3) is 0.941. The van der Waals surface area contributed by atoms with E-state index in [4.69, 9.17) is 0 Å². The predicted octanol–water partition coefficient (Wildman–Crippen LogP) is 2.95. The minimum absolute atomic E-state index is 0.351. The molecule has 3 aliphatic rings. The van der Waals surface area contributed by atoms with Crippen molar-refractivity contribution in [3.8, 4) is 0 Å². The Morgan fingerprint density at radius 2 is 1.75 bits per heavy atom. The fourth-order valence-electron chi connectivity index (χ4n) is 4.02. The molecule has 0 aromatic carbocycles. The van der Waals surface area contributed by atoms with Crippen molar-refractivity contribution < 1.29 is 4.79 Å². The lowest BCUT2D eigenvalue weighted by Gasteiger charge is -2.30. The number of hydrogen-bond acceptors (Lipinski definition) is 2. The van der Waals surface area contributed by atoms with E-state index in [1.165, 1.54) is 64.2 Å². The van der Waals surface area contributed by atoms with Gasteiger partial charge < -0.3 is 10.2 Å². The van der Waals surface area contributed by atoms with Crippen molar-refractivity contribution >= 4 is 5.91 Å². The Hall–Kier alpha value is -0.570. The molecule has 1 N–H and O–H groups in total. The zero-order chi connectivity index (χ0) is 13.8. The molecule has 114 valence electrons. The van der Waals surface area contributed by atoms with Gasteiger partial charge in [-0.3, -0.25) is 4.79 Å². The molecule has 1 unspecified atom stereocenters. The highest BCUT2D eigenvalue weighted by molar-refractivity contribution is 5.78. The molecule has 0 radical (unpaired) electrons. The van der Waals surface area contributed by atoms with Crippen LogP contribution in [0.15, 0.2) is 0 Å². The number of carbonyl (C=O) groups excluding carboxylic acids is 1. The van der Waals surface area contributed by atoms with E-state index in [0.29, 0.717) is 18.5 Å². The van der Waals surface area contributed by atoms with Gasteiger partial charge in [0, 0.05) is 12.6 Å². The van der Waals surface area contributed by atoms with Crippen LogP contribution in [-0.2, 0) is 4.79 Å². The van der Waals surface area contributed by atoms with E-state index >= 15 is 0 Å². The first-order chi connectivity index (χ1) is 9.83. The van der Waals surface area contributed by atoms with Crippen LogP contribution >= 0.6 is 0 Å². The monoisotopic (exact) mass is 278 g/mol. The normalized spacial score (nSPS) is 28.0. The van der Waals surface area contributed by atoms with Crippen LogP contribution in [0.1, 0.15) is 64.2 Å². The largest absolute Gasteiger partial charge is 0.339 e. The summed E-state index contributed by atoms with van der Waals surface area (Å²) in [4.78, 5) is 14.6. The molecule has 1 saturated heterocycles. The van der Waals surface area contributed by atoms with E-state index < -0.39 is 0 Å². The Kier molecular flexibility index (Phi) is 4.98. The average molecular weight is 278 g/mol. The van der Waals surface area contributed by atoms with Gasteiger partial charge >= 0.3 is 0 Å². The first-order valence-corrected chi connectivity index (χ1v) is 8.83. The first kappa shape index (κ1) is 14.4. The second-order valence-electron chi connectivity index (χ2n) is 7.20. The van der Waals surface area contributed by atoms with Crippen LogP contribution in [0.3, 0.4) is 0 Å². The van der Waals surface area contributed by atoms with Gasteiger partial charge in [-0.15, -0.1) is 0 Å². The second kappa shape index (κ2) is 6.93. The van der Waals surface area contributed by atoms with Crippen LogP contribution in [0.25, 0.3) is 0 Å². The number of amides is 1. The summed E-state index contributed by atoms with van der Waals surface area (Å²) in [5, 5.41) is 3.36. The van der Waals surface area contributed by atoms with Gasteiger partial charge in [0.15, 0.2) is 0 Å². The topological polar surface area (TPSA) is 32.3 Å². The minimum atomic E-state index is 0.351. The van der Waals surface area contributed by atoms with Gasteiger partial charge in [0.25, 0.3) is 0 Å². The summed E-state index contributed by atoms with van der Waals surface area (Å²) in [6.07, 6.45) is 13.5. The highest BCUT2D eigenvalue weighted by Crippen LogP contribution is 2.32. The highest BCUT2D eigenvalue weighted by atomic mass is 16.2. The van der Waals surface area contributed by atoms with Crippen molar-refractivity contribution in [2.75, 3.05) is 19.6 Å². The number of nitrogens with zero attached hydrogens (tertiary/aromatic N) is 1. The lowest BCUT2D eigenvalue weighted by atomic mass is 9.84. The third kappa shape index (κ3) is 3.97. The molecule has 0 aromatic rings. The molecule has 2 saturated carbocycles. The fourth-order valence-corrected chi connectivity index (χ4v) is 4.02. The zero-order valence-electron chi connectivity index (χ0n) is 12.8. The maximum absolute atomic E-state index is 12.4. The van der Waals surface area contributed by atoms with E-state index in [2.05, 4.69) is 10.2 Å². The molecule has 3 heteroatoms. The second-order valence-corrected chi connectivity index (χ2v) is 7.20. The van der Waals surface area contributed by atoms with Gasteiger partial charge in [-0.1, -0.05) is 32.1 Å². The molecule has 0 bridgehead atoms. The molecule has 3 rings (SSSR count). The maximum atomic E-state index is 12.4. The zero-order valence-corrected chi connectivity index (χ0v) is 12.8. The smallest absolute Gasteiger partial charge is 0.236 e. The van der Waals surface area contributed by atoms with E-state index in [0.717, 1.165) is 24.9 Å². The summed E-state index contributed by atoms with van der Waals surface area (Å²) in [7, 11) is 0. The standard InChI is InChI=1S/C17H30N2O/c20-17(13-18-12-15-8-9-15)19-10-4-7-16(19)11-14-5-2-1-3-6-14/h14-16,18H,1-13H2. The van der Waals surface area contributed by atoms with Crippen molar-refractivity contribution in [2.45, 2.75) is 70.3 Å². The molecule has 1 amide bonds. The lowest BCUT2D eigenvalue weighted by Crippen LogP contribution is -2.42. The number of likely N-dealkylation sites (tertiary alicyclic amines) is 1. The van der Waals surface area contributed by atoms with Crippen LogP contribution in [0, 0.1) is 11.8 Å². The number of rotatable bonds is 6. The van der Waals surface area contributed by atoms with Gasteiger partial charge in [0.2, 0.25) is 5.91 Å². The molecule has 1 heterocycles. The molecule has 20 heavy (non-hydrogen) atoms. The Morgan fingerprint density at radius 1 is 0.950 bits per heavy atom. The number of nitrogens with one attached hydrogen (secondary N) is 1. The van der Waals surface area contributed by atoms with Crippen LogP contribution in [0.2, 0.25) is 0 Å². The first-order valence-electron chi connectivity index (χ1n) is 8.83. The molecule has 0 spiro atoms. The summed E-state index contributed by atoms with van der Waals surface area (Å²) in [5.74, 6) is 2.10. The molecule has 2 aliphatic carbocycles. The van der Waals surface area contributed by atoms with E-state index in [-0.39, 0.29) is 0 Å². The molecular formula is C17H30N2O. The van der Waals surface area contributed by atoms with Crippen molar-refractivity contribution in [1.82, 2.24) is 10.2 Å². The third-order valence-corrected chi connectivity index (χ3v) is 5.43. The van der Waals surface area contributed by atoms with Gasteiger partial charge in [0.05, 0.1) is 6.54 Å². The summed E-state index contributed by atoms with van der Waals surface area (Å²) in [5.41, 5.74) is 0. The van der Waals surface area contributed by atoms with E-state index in [1.807, 2.05) is 0 Å². The SMILES string of the molecule is O=C(CNCC1CC1)N1CCCC1CC1CCCCC1. The lowest BCUT2D eigenvalue weighted by molar-refractivity contribution is -0.131. The van der Waals surface area contributed by atoms with Crippen LogP contribution in [0.4, 0.5) is 0 Å². The minimum Gasteiger partial charge on any atom is -0.339 e. The third-order valence-electron chi connectivity index (χ3n) is 5.43. The number of carbonyl (C=O) groups is 1. The van der Waals surface area contributed by atoms with Crippen LogP contribution < -0.4 is 5.32 Å². The number of hydrogen-bond donors (Lipinski definition) is 1. The van der Waals surface area contributed by atoms with Crippen molar-refractivity contribution in [3.05, 3.63) is 0 Å². The Bertz CT molecular complexity index is 321. The molecular weight excluding hydrogens is 248 g/mol. The molecule has 3 nitrogen and oxygen atoms in total. The van der Waals surface area contributed by atoms with Crippen molar-refractivity contribution in [2.24, 2.45) is 11.8 Å². The van der Waals surface area contributed by atoms with Gasteiger partial charge in [-0.25, -0.2) is 0 Å². The summed E-state index contributed by atoms with van der Waals surface area (Å²) in [6.45, 7) is 2.62. The summed E-state index contributed by atoms with van der Waals surface area (Å²) < 4.78 is 0. The highest BCUT2D eigenvalue weighted by Gasteiger charge is 2.31. The maximum Gasteiger partial charge on any atom is 0.236 e. The molecule has 1 atom stereocenters. The Morgan fingerprint density at radius 3 is 2.50 bits per heavy atom. The quantitative estimate of drug-likeness (QED) is 0.810. The molecule has 0 aromatic heterocycles. The van der Waals surface area contributed by atoms with E-state index in [1.54, 1.807) is 0 Å². The van der Waals surface area contributed by atoms with Crippen molar-refractivity contribution in [3.63, 3.8) is 0 Å². The van der Waals surface area contributed by atoms with Crippen LogP contribution in [0.5, 0.6) is 0 Å². The van der Waals surface area contributed by atoms with Crippen LogP contribution in [-0.4, -0.2) is 36.5 Å². The van der Waals surface area contributed by atoms with Gasteiger partial charge in [0.1, 0.15) is 0 Å². The molecule has 1 aliphatic heterocycles.